The molecule has 0 aliphatic heterocycles. The molecular formula is C13H18O4S. The third-order valence-corrected chi connectivity index (χ3v) is 3.96. The summed E-state index contributed by atoms with van der Waals surface area (Å²) in [5.41, 5.74) is 0. The molecule has 1 aromatic carbocycles. The highest BCUT2D eigenvalue weighted by atomic mass is 32.2. The predicted octanol–water partition coefficient (Wildman–Crippen LogP) is 2.45. The van der Waals surface area contributed by atoms with Crippen molar-refractivity contribution in [3.63, 3.8) is 0 Å². The van der Waals surface area contributed by atoms with Crippen molar-refractivity contribution < 1.29 is 18.8 Å². The fourth-order valence-electron chi connectivity index (χ4n) is 1.55. The van der Waals surface area contributed by atoms with E-state index in [0.717, 1.165) is 17.7 Å². The SMILES string of the molecule is COc1cccc(S(=O)CCCCCC(=O)O)c1. The van der Waals surface area contributed by atoms with Gasteiger partial charge in [-0.3, -0.25) is 9.00 Å². The van der Waals surface area contributed by atoms with Crippen LogP contribution in [0.5, 0.6) is 5.75 Å². The van der Waals surface area contributed by atoms with Crippen LogP contribution in [0.4, 0.5) is 0 Å². The standard InChI is InChI=1S/C13H18O4S/c1-17-11-6-5-7-12(10-11)18(16)9-4-2-3-8-13(14)15/h5-7,10H,2-4,8-9H2,1H3,(H,14,15). The van der Waals surface area contributed by atoms with Gasteiger partial charge in [-0.25, -0.2) is 0 Å². The van der Waals surface area contributed by atoms with Crippen molar-refractivity contribution in [2.75, 3.05) is 12.9 Å². The number of carboxylic acid groups (broad SMARTS) is 1. The van der Waals surface area contributed by atoms with Gasteiger partial charge in [-0.05, 0) is 31.0 Å². The summed E-state index contributed by atoms with van der Waals surface area (Å²) in [5.74, 6) is 0.489. The average Bonchev–Trinajstić information content (AvgIpc) is 2.37. The first kappa shape index (κ1) is 14.7. The normalized spacial score (nSPS) is 12.1. The number of aliphatic carboxylic acids is 1. The van der Waals surface area contributed by atoms with E-state index in [-0.39, 0.29) is 6.42 Å². The van der Waals surface area contributed by atoms with Gasteiger partial charge in [0.05, 0.1) is 17.9 Å². The molecular weight excluding hydrogens is 252 g/mol. The minimum Gasteiger partial charge on any atom is -0.497 e. The van der Waals surface area contributed by atoms with E-state index in [9.17, 15) is 9.00 Å². The Hall–Kier alpha value is -1.36. The third kappa shape index (κ3) is 5.31. The van der Waals surface area contributed by atoms with Crippen LogP contribution in [0.25, 0.3) is 0 Å². The maximum absolute atomic E-state index is 11.9. The molecule has 0 aromatic heterocycles. The Morgan fingerprint density at radius 3 is 2.78 bits per heavy atom. The van der Waals surface area contributed by atoms with E-state index in [1.807, 2.05) is 18.2 Å². The highest BCUT2D eigenvalue weighted by Crippen LogP contribution is 2.16. The van der Waals surface area contributed by atoms with Crippen LogP contribution in [0, 0.1) is 0 Å². The lowest BCUT2D eigenvalue weighted by Crippen LogP contribution is -2.00. The van der Waals surface area contributed by atoms with Crippen molar-refractivity contribution >= 4 is 16.8 Å². The summed E-state index contributed by atoms with van der Waals surface area (Å²) < 4.78 is 17.0. The third-order valence-electron chi connectivity index (χ3n) is 2.52. The molecule has 0 spiro atoms. The van der Waals surface area contributed by atoms with Crippen LogP contribution < -0.4 is 4.74 Å². The van der Waals surface area contributed by atoms with Crippen LogP contribution in [-0.4, -0.2) is 28.1 Å². The molecule has 0 saturated heterocycles. The number of ether oxygens (including phenoxy) is 1. The monoisotopic (exact) mass is 270 g/mol. The number of rotatable bonds is 8. The number of carbonyl (C=O) groups is 1. The topological polar surface area (TPSA) is 63.6 Å². The molecule has 18 heavy (non-hydrogen) atoms. The molecule has 0 aliphatic carbocycles. The van der Waals surface area contributed by atoms with Crippen molar-refractivity contribution in [1.29, 1.82) is 0 Å². The lowest BCUT2D eigenvalue weighted by Gasteiger charge is -2.04. The predicted molar refractivity (Wildman–Crippen MR) is 70.4 cm³/mol. The molecule has 5 heteroatoms. The molecule has 1 N–H and O–H groups in total. The van der Waals surface area contributed by atoms with Crippen LogP contribution in [0.3, 0.4) is 0 Å². The van der Waals surface area contributed by atoms with Crippen molar-refractivity contribution in [2.24, 2.45) is 0 Å². The Kier molecular flexibility index (Phi) is 6.43. The van der Waals surface area contributed by atoms with Gasteiger partial charge in [0.1, 0.15) is 5.75 Å². The quantitative estimate of drug-likeness (QED) is 0.737. The molecule has 0 fully saturated rings. The van der Waals surface area contributed by atoms with Crippen molar-refractivity contribution in [3.8, 4) is 5.75 Å². The zero-order valence-corrected chi connectivity index (χ0v) is 11.2. The molecule has 0 radical (unpaired) electrons. The smallest absolute Gasteiger partial charge is 0.303 e. The number of hydrogen-bond donors (Lipinski definition) is 1. The second-order valence-electron chi connectivity index (χ2n) is 3.93. The maximum Gasteiger partial charge on any atom is 0.303 e. The van der Waals surface area contributed by atoms with Crippen molar-refractivity contribution in [2.45, 2.75) is 30.6 Å². The summed E-state index contributed by atoms with van der Waals surface area (Å²) in [6.45, 7) is 0. The van der Waals surface area contributed by atoms with Crippen LogP contribution in [0.15, 0.2) is 29.2 Å². The number of benzene rings is 1. The number of methoxy groups -OCH3 is 1. The number of unbranched alkanes of at least 4 members (excludes halogenated alkanes) is 2. The van der Waals surface area contributed by atoms with Gasteiger partial charge in [-0.1, -0.05) is 12.5 Å². The minimum absolute atomic E-state index is 0.186. The van der Waals surface area contributed by atoms with E-state index >= 15 is 0 Å². The lowest BCUT2D eigenvalue weighted by atomic mass is 10.2. The zero-order chi connectivity index (χ0) is 13.4. The largest absolute Gasteiger partial charge is 0.497 e. The summed E-state index contributed by atoms with van der Waals surface area (Å²) >= 11 is 0. The summed E-state index contributed by atoms with van der Waals surface area (Å²) in [6, 6.07) is 7.22. The molecule has 0 saturated carbocycles. The molecule has 1 rings (SSSR count). The van der Waals surface area contributed by atoms with Crippen LogP contribution in [-0.2, 0) is 15.6 Å². The van der Waals surface area contributed by atoms with E-state index in [1.165, 1.54) is 0 Å². The van der Waals surface area contributed by atoms with Gasteiger partial charge >= 0.3 is 5.97 Å². The van der Waals surface area contributed by atoms with Gasteiger partial charge in [0, 0.05) is 17.1 Å². The highest BCUT2D eigenvalue weighted by molar-refractivity contribution is 7.85. The van der Waals surface area contributed by atoms with Crippen LogP contribution in [0.2, 0.25) is 0 Å². The molecule has 0 amide bonds. The number of carboxylic acids is 1. The minimum atomic E-state index is -1.04. The summed E-state index contributed by atoms with van der Waals surface area (Å²) in [6.07, 6.45) is 2.40. The molecule has 1 unspecified atom stereocenters. The molecule has 0 aliphatic rings. The van der Waals surface area contributed by atoms with Crippen LogP contribution >= 0.6 is 0 Å². The Balaban J connectivity index is 2.33. The van der Waals surface area contributed by atoms with Gasteiger partial charge in [0.25, 0.3) is 0 Å². The summed E-state index contributed by atoms with van der Waals surface area (Å²) in [5, 5.41) is 8.48. The fraction of sp³-hybridized carbons (Fsp3) is 0.462. The van der Waals surface area contributed by atoms with Gasteiger partial charge in [-0.2, -0.15) is 0 Å². The van der Waals surface area contributed by atoms with E-state index in [1.54, 1.807) is 13.2 Å². The first-order valence-corrected chi connectivity index (χ1v) is 7.19. The highest BCUT2D eigenvalue weighted by Gasteiger charge is 2.05. The van der Waals surface area contributed by atoms with Gasteiger partial charge in [0.2, 0.25) is 0 Å². The van der Waals surface area contributed by atoms with E-state index in [0.29, 0.717) is 17.9 Å². The molecule has 4 nitrogen and oxygen atoms in total. The molecule has 1 aromatic rings. The average molecular weight is 270 g/mol. The summed E-state index contributed by atoms with van der Waals surface area (Å²) in [4.78, 5) is 11.1. The molecule has 0 heterocycles. The Morgan fingerprint density at radius 1 is 1.33 bits per heavy atom. The fourth-order valence-corrected chi connectivity index (χ4v) is 2.73. The zero-order valence-electron chi connectivity index (χ0n) is 10.4. The Labute approximate surface area is 109 Å². The van der Waals surface area contributed by atoms with E-state index in [4.69, 9.17) is 9.84 Å². The maximum atomic E-state index is 11.9. The Morgan fingerprint density at radius 2 is 2.11 bits per heavy atom. The van der Waals surface area contributed by atoms with Crippen molar-refractivity contribution in [3.05, 3.63) is 24.3 Å². The molecule has 1 atom stereocenters. The second kappa shape index (κ2) is 7.87. The van der Waals surface area contributed by atoms with Gasteiger partial charge < -0.3 is 9.84 Å². The second-order valence-corrected chi connectivity index (χ2v) is 5.50. The molecule has 0 bridgehead atoms. The van der Waals surface area contributed by atoms with E-state index < -0.39 is 16.8 Å². The van der Waals surface area contributed by atoms with Crippen LogP contribution in [0.1, 0.15) is 25.7 Å². The molecule has 100 valence electrons. The lowest BCUT2D eigenvalue weighted by molar-refractivity contribution is -0.137. The van der Waals surface area contributed by atoms with Gasteiger partial charge in [0.15, 0.2) is 0 Å². The number of hydrogen-bond acceptors (Lipinski definition) is 3. The van der Waals surface area contributed by atoms with Gasteiger partial charge in [-0.15, -0.1) is 0 Å². The van der Waals surface area contributed by atoms with E-state index in [2.05, 4.69) is 0 Å². The summed E-state index contributed by atoms with van der Waals surface area (Å²) in [7, 11) is 0.540. The first-order valence-electron chi connectivity index (χ1n) is 5.87. The first-order chi connectivity index (χ1) is 8.63. The Bertz CT molecular complexity index is 417. The van der Waals surface area contributed by atoms with Crippen molar-refractivity contribution in [1.82, 2.24) is 0 Å².